The van der Waals surface area contributed by atoms with E-state index in [2.05, 4.69) is 17.2 Å². The van der Waals surface area contributed by atoms with Crippen molar-refractivity contribution in [2.75, 3.05) is 23.3 Å². The average Bonchev–Trinajstić information content (AvgIpc) is 2.63. The van der Waals surface area contributed by atoms with Crippen LogP contribution in [-0.2, 0) is 11.8 Å². The lowest BCUT2D eigenvalue weighted by molar-refractivity contribution is -0.118. The molecule has 0 saturated carbocycles. The van der Waals surface area contributed by atoms with Crippen molar-refractivity contribution < 1.29 is 14.0 Å². The van der Waals surface area contributed by atoms with Crippen LogP contribution in [0.5, 0.6) is 0 Å². The van der Waals surface area contributed by atoms with E-state index in [0.29, 0.717) is 3.57 Å². The minimum absolute atomic E-state index is 0.00669. The third-order valence-electron chi connectivity index (χ3n) is 4.08. The second kappa shape index (κ2) is 9.54. The zero-order chi connectivity index (χ0) is 21.7. The molecule has 2 amide bonds. The van der Waals surface area contributed by atoms with Crippen molar-refractivity contribution in [3.05, 3.63) is 62.3 Å². The Hall–Kier alpha value is -2.89. The van der Waals surface area contributed by atoms with Crippen molar-refractivity contribution >= 4 is 51.6 Å². The Morgan fingerprint density at radius 2 is 2.03 bits per heavy atom. The summed E-state index contributed by atoms with van der Waals surface area (Å²) in [5, 5.41) is 5.42. The highest BCUT2D eigenvalue weighted by atomic mass is 127. The molecule has 154 valence electrons. The fourth-order valence-electron chi connectivity index (χ4n) is 2.73. The molecular weight excluding hydrogens is 492 g/mol. The largest absolute Gasteiger partial charge is 0.365 e. The van der Waals surface area contributed by atoms with Crippen molar-refractivity contribution in [2.45, 2.75) is 6.92 Å². The number of anilines is 3. The van der Waals surface area contributed by atoms with Crippen LogP contribution in [0.2, 0.25) is 0 Å². The van der Waals surface area contributed by atoms with Gasteiger partial charge in [0.05, 0.1) is 11.4 Å². The number of carbonyl (C=O) groups is 2. The molecule has 0 spiro atoms. The smallest absolute Gasteiger partial charge is 0.254 e. The first-order valence-electron chi connectivity index (χ1n) is 8.55. The molecular formula is C19H21FIN5O3. The van der Waals surface area contributed by atoms with Crippen molar-refractivity contribution in [1.29, 1.82) is 0 Å². The van der Waals surface area contributed by atoms with Crippen LogP contribution in [0.25, 0.3) is 0 Å². The molecule has 0 unspecified atom stereocenters. The Balaban J connectivity index is 2.58. The molecule has 2 aromatic rings. The lowest BCUT2D eigenvalue weighted by Crippen LogP contribution is -2.36. The number of halogens is 2. The van der Waals surface area contributed by atoms with Crippen molar-refractivity contribution in [3.63, 3.8) is 0 Å². The second-order valence-electron chi connectivity index (χ2n) is 6.13. The Morgan fingerprint density at radius 1 is 1.34 bits per heavy atom. The van der Waals surface area contributed by atoms with Gasteiger partial charge in [0.2, 0.25) is 5.91 Å². The summed E-state index contributed by atoms with van der Waals surface area (Å²) in [6.07, 6.45) is 1.41. The van der Waals surface area contributed by atoms with Crippen LogP contribution >= 0.6 is 22.6 Å². The molecule has 29 heavy (non-hydrogen) atoms. The molecule has 0 aliphatic carbocycles. The number of rotatable bonds is 8. The van der Waals surface area contributed by atoms with Crippen molar-refractivity contribution in [1.82, 2.24) is 9.88 Å². The molecule has 0 saturated heterocycles. The number of aromatic nitrogens is 1. The number of nitrogens with zero attached hydrogens (tertiary/aromatic N) is 2. The maximum atomic E-state index is 14.3. The van der Waals surface area contributed by atoms with E-state index in [9.17, 15) is 18.8 Å². The highest BCUT2D eigenvalue weighted by molar-refractivity contribution is 14.1. The van der Waals surface area contributed by atoms with Crippen molar-refractivity contribution in [3.8, 4) is 0 Å². The van der Waals surface area contributed by atoms with E-state index < -0.39 is 17.3 Å². The number of benzene rings is 1. The van der Waals surface area contributed by atoms with Gasteiger partial charge in [0.1, 0.15) is 17.2 Å². The van der Waals surface area contributed by atoms with E-state index in [-0.39, 0.29) is 41.8 Å². The molecule has 0 radical (unpaired) electrons. The molecule has 0 bridgehead atoms. The van der Waals surface area contributed by atoms with Gasteiger partial charge >= 0.3 is 0 Å². The SMILES string of the molecule is C=CN(CCNC(C)=O)c1c(C(N)=O)c(Nc2ccc(I)cc2F)cc(=O)n1C. The van der Waals surface area contributed by atoms with Crippen LogP contribution < -0.4 is 26.8 Å². The van der Waals surface area contributed by atoms with Gasteiger partial charge in [-0.15, -0.1) is 0 Å². The van der Waals surface area contributed by atoms with Crippen LogP contribution in [0.4, 0.5) is 21.6 Å². The number of carbonyl (C=O) groups excluding carboxylic acids is 2. The van der Waals surface area contributed by atoms with Gasteiger partial charge in [0, 0.05) is 36.7 Å². The number of primary amides is 1. The van der Waals surface area contributed by atoms with E-state index in [1.54, 1.807) is 6.07 Å². The topological polar surface area (TPSA) is 109 Å². The van der Waals surface area contributed by atoms with Gasteiger partial charge < -0.3 is 21.3 Å². The standard InChI is InChI=1S/C19H21FIN5O3/c1-4-26(8-7-23-11(2)27)19-17(18(22)29)15(10-16(28)25(19)3)24-14-6-5-12(21)9-13(14)20/h4-6,9-10,24H,1,7-8H2,2-3H3,(H2,22,29)(H,23,27). The Kier molecular flexibility index (Phi) is 7.37. The van der Waals surface area contributed by atoms with E-state index >= 15 is 0 Å². The van der Waals surface area contributed by atoms with E-state index in [1.165, 1.54) is 47.8 Å². The first-order valence-corrected chi connectivity index (χ1v) is 9.63. The van der Waals surface area contributed by atoms with E-state index in [0.717, 1.165) is 0 Å². The zero-order valence-electron chi connectivity index (χ0n) is 16.0. The van der Waals surface area contributed by atoms with Gasteiger partial charge in [-0.25, -0.2) is 4.39 Å². The molecule has 4 N–H and O–H groups in total. The molecule has 2 rings (SSSR count). The maximum absolute atomic E-state index is 14.3. The van der Waals surface area contributed by atoms with Gasteiger partial charge in [0.25, 0.3) is 11.5 Å². The molecule has 10 heteroatoms. The zero-order valence-corrected chi connectivity index (χ0v) is 18.1. The molecule has 0 atom stereocenters. The minimum atomic E-state index is -0.810. The molecule has 8 nitrogen and oxygen atoms in total. The molecule has 1 heterocycles. The van der Waals surface area contributed by atoms with Crippen LogP contribution in [0, 0.1) is 9.39 Å². The monoisotopic (exact) mass is 513 g/mol. The van der Waals surface area contributed by atoms with Crippen LogP contribution in [0.15, 0.2) is 41.8 Å². The molecule has 0 aliphatic heterocycles. The average molecular weight is 513 g/mol. The second-order valence-corrected chi connectivity index (χ2v) is 7.37. The highest BCUT2D eigenvalue weighted by Crippen LogP contribution is 2.29. The maximum Gasteiger partial charge on any atom is 0.254 e. The van der Waals surface area contributed by atoms with Crippen LogP contribution in [-0.4, -0.2) is 29.5 Å². The van der Waals surface area contributed by atoms with Gasteiger partial charge in [-0.05, 0) is 47.0 Å². The van der Waals surface area contributed by atoms with Crippen LogP contribution in [0.3, 0.4) is 0 Å². The number of pyridine rings is 1. The normalized spacial score (nSPS) is 10.3. The number of nitrogens with one attached hydrogen (secondary N) is 2. The molecule has 0 fully saturated rings. The fraction of sp³-hybridized carbons (Fsp3) is 0.211. The summed E-state index contributed by atoms with van der Waals surface area (Å²) in [6.45, 7) is 5.57. The third-order valence-corrected chi connectivity index (χ3v) is 4.75. The van der Waals surface area contributed by atoms with Crippen LogP contribution in [0.1, 0.15) is 17.3 Å². The summed E-state index contributed by atoms with van der Waals surface area (Å²) in [5.74, 6) is -1.39. The third kappa shape index (κ3) is 5.34. The quantitative estimate of drug-likeness (QED) is 0.469. The summed E-state index contributed by atoms with van der Waals surface area (Å²) < 4.78 is 16.2. The fourth-order valence-corrected chi connectivity index (χ4v) is 3.19. The summed E-state index contributed by atoms with van der Waals surface area (Å²) in [5.41, 5.74) is 5.32. The lowest BCUT2D eigenvalue weighted by atomic mass is 10.1. The Bertz CT molecular complexity index is 1020. The summed E-state index contributed by atoms with van der Waals surface area (Å²) in [4.78, 5) is 37.4. The molecule has 1 aromatic carbocycles. The number of hydrogen-bond donors (Lipinski definition) is 3. The molecule has 0 aliphatic rings. The predicted molar refractivity (Wildman–Crippen MR) is 119 cm³/mol. The first-order chi connectivity index (χ1) is 13.6. The lowest BCUT2D eigenvalue weighted by Gasteiger charge is -2.26. The summed E-state index contributed by atoms with van der Waals surface area (Å²) in [7, 11) is 1.48. The minimum Gasteiger partial charge on any atom is -0.365 e. The van der Waals surface area contributed by atoms with E-state index in [4.69, 9.17) is 5.73 Å². The van der Waals surface area contributed by atoms with Gasteiger partial charge in [-0.3, -0.25) is 19.0 Å². The number of nitrogens with two attached hydrogens (primary N) is 1. The summed E-state index contributed by atoms with van der Waals surface area (Å²) >= 11 is 1.97. The first kappa shape index (κ1) is 22.4. The summed E-state index contributed by atoms with van der Waals surface area (Å²) in [6, 6.07) is 5.68. The Morgan fingerprint density at radius 3 is 2.59 bits per heavy atom. The van der Waals surface area contributed by atoms with Gasteiger partial charge in [0.15, 0.2) is 0 Å². The van der Waals surface area contributed by atoms with Gasteiger partial charge in [-0.1, -0.05) is 6.58 Å². The number of hydrogen-bond acceptors (Lipinski definition) is 5. The van der Waals surface area contributed by atoms with Crippen molar-refractivity contribution in [2.24, 2.45) is 12.8 Å². The van der Waals surface area contributed by atoms with Gasteiger partial charge in [-0.2, -0.15) is 0 Å². The number of amides is 2. The molecule has 1 aromatic heterocycles. The van der Waals surface area contributed by atoms with E-state index in [1.807, 2.05) is 22.6 Å². The predicted octanol–water partition coefficient (Wildman–Crippen LogP) is 2.06. The highest BCUT2D eigenvalue weighted by Gasteiger charge is 2.23. The Labute approximate surface area is 180 Å².